The van der Waals surface area contributed by atoms with Crippen LogP contribution in [0.25, 0.3) is 0 Å². The van der Waals surface area contributed by atoms with Gasteiger partial charge in [0.15, 0.2) is 0 Å². The Morgan fingerprint density at radius 2 is 1.90 bits per heavy atom. The summed E-state index contributed by atoms with van der Waals surface area (Å²) in [5.74, 6) is 0. The molecule has 0 bridgehead atoms. The van der Waals surface area contributed by atoms with Gasteiger partial charge in [-0.1, -0.05) is 48.5 Å². The average Bonchev–Trinajstić information content (AvgIpc) is 2.47. The molecule has 0 unspecified atom stereocenters. The first kappa shape index (κ1) is 15.8. The summed E-state index contributed by atoms with van der Waals surface area (Å²) in [6.07, 6.45) is 0. The lowest BCUT2D eigenvalue weighted by Crippen LogP contribution is -2.12. The van der Waals surface area contributed by atoms with Crippen molar-refractivity contribution in [2.45, 2.75) is 23.3 Å². The fourth-order valence-electron chi connectivity index (χ4n) is 1.87. The lowest BCUT2D eigenvalue weighted by Gasteiger charge is -2.11. The van der Waals surface area contributed by atoms with Gasteiger partial charge in [0.1, 0.15) is 0 Å². The number of nitrogens with zero attached hydrogens (tertiary/aromatic N) is 1. The Hall–Kier alpha value is -1.56. The van der Waals surface area contributed by atoms with E-state index in [1.54, 1.807) is 18.2 Å². The monoisotopic (exact) mass is 322 g/mol. The summed E-state index contributed by atoms with van der Waals surface area (Å²) in [6.45, 7) is 3.49. The molecule has 0 fully saturated rings. The quantitative estimate of drug-likeness (QED) is 0.628. The molecule has 0 radical (unpaired) electrons. The Balaban J connectivity index is 2.36. The van der Waals surface area contributed by atoms with Gasteiger partial charge in [0.25, 0.3) is 5.69 Å². The first-order chi connectivity index (χ1) is 10.1. The van der Waals surface area contributed by atoms with Crippen LogP contribution in [0.15, 0.2) is 52.3 Å². The second-order valence-corrected chi connectivity index (χ2v) is 5.81. The number of nitro groups is 1. The molecule has 0 atom stereocenters. The maximum absolute atomic E-state index is 11.1. The summed E-state index contributed by atoms with van der Waals surface area (Å²) < 4.78 is 0. The number of hydrogen-bond donors (Lipinski definition) is 1. The molecule has 0 aliphatic carbocycles. The van der Waals surface area contributed by atoms with E-state index < -0.39 is 0 Å². The molecule has 1 N–H and O–H groups in total. The molecule has 0 heterocycles. The third-order valence-corrected chi connectivity index (χ3v) is 4.43. The van der Waals surface area contributed by atoms with E-state index in [2.05, 4.69) is 5.32 Å². The highest BCUT2D eigenvalue weighted by molar-refractivity contribution is 7.99. The minimum Gasteiger partial charge on any atom is -0.313 e. The first-order valence-corrected chi connectivity index (χ1v) is 7.72. The number of halogens is 1. The summed E-state index contributed by atoms with van der Waals surface area (Å²) >= 11 is 7.61. The number of rotatable bonds is 6. The molecule has 4 nitrogen and oxygen atoms in total. The number of para-hydroxylation sites is 1. The fourth-order valence-corrected chi connectivity index (χ4v) is 3.25. The molecule has 0 aliphatic heterocycles. The van der Waals surface area contributed by atoms with Crippen LogP contribution in [0.4, 0.5) is 5.69 Å². The number of nitrogens with one attached hydrogen (secondary N) is 1. The Morgan fingerprint density at radius 1 is 1.19 bits per heavy atom. The summed E-state index contributed by atoms with van der Waals surface area (Å²) in [5.41, 5.74) is 1.07. The zero-order valence-corrected chi connectivity index (χ0v) is 13.1. The van der Waals surface area contributed by atoms with Crippen molar-refractivity contribution in [3.05, 3.63) is 63.2 Å². The highest BCUT2D eigenvalue weighted by atomic mass is 35.5. The molecule has 0 aromatic heterocycles. The minimum atomic E-state index is -0.364. The topological polar surface area (TPSA) is 55.2 Å². The van der Waals surface area contributed by atoms with Crippen LogP contribution in [0.1, 0.15) is 12.5 Å². The van der Waals surface area contributed by atoms with Crippen molar-refractivity contribution in [1.29, 1.82) is 0 Å². The normalized spacial score (nSPS) is 10.6. The van der Waals surface area contributed by atoms with Crippen LogP contribution in [0, 0.1) is 10.1 Å². The van der Waals surface area contributed by atoms with Gasteiger partial charge >= 0.3 is 0 Å². The third kappa shape index (κ3) is 3.97. The van der Waals surface area contributed by atoms with E-state index in [0.29, 0.717) is 16.5 Å². The van der Waals surface area contributed by atoms with Gasteiger partial charge in [0, 0.05) is 22.5 Å². The maximum atomic E-state index is 11.1. The SMILES string of the molecule is CCNCc1c(Cl)cccc1Sc1ccccc1[N+](=O)[O-]. The standard InChI is InChI=1S/C15H15ClN2O2S/c1-2-17-10-11-12(16)6-5-9-14(11)21-15-8-4-3-7-13(15)18(19)20/h3-9,17H,2,10H2,1H3. The summed E-state index contributed by atoms with van der Waals surface area (Å²) in [6, 6.07) is 12.3. The van der Waals surface area contributed by atoms with E-state index in [1.165, 1.54) is 17.8 Å². The van der Waals surface area contributed by atoms with E-state index in [-0.39, 0.29) is 10.6 Å². The van der Waals surface area contributed by atoms with Gasteiger partial charge < -0.3 is 5.32 Å². The Labute approximate surface area is 132 Å². The lowest BCUT2D eigenvalue weighted by molar-refractivity contribution is -0.387. The van der Waals surface area contributed by atoms with E-state index in [1.807, 2.05) is 25.1 Å². The smallest absolute Gasteiger partial charge is 0.283 e. The van der Waals surface area contributed by atoms with E-state index >= 15 is 0 Å². The number of hydrogen-bond acceptors (Lipinski definition) is 4. The lowest BCUT2D eigenvalue weighted by atomic mass is 10.2. The molecule has 0 saturated carbocycles. The zero-order valence-electron chi connectivity index (χ0n) is 11.5. The second kappa shape index (κ2) is 7.45. The highest BCUT2D eigenvalue weighted by Crippen LogP contribution is 2.38. The molecule has 110 valence electrons. The molecule has 2 aromatic carbocycles. The first-order valence-electron chi connectivity index (χ1n) is 6.53. The van der Waals surface area contributed by atoms with Gasteiger partial charge in [-0.15, -0.1) is 0 Å². The van der Waals surface area contributed by atoms with Crippen molar-refractivity contribution >= 4 is 29.1 Å². The largest absolute Gasteiger partial charge is 0.313 e. The van der Waals surface area contributed by atoms with Crippen LogP contribution in [0.3, 0.4) is 0 Å². The number of benzene rings is 2. The van der Waals surface area contributed by atoms with Crippen molar-refractivity contribution in [1.82, 2.24) is 5.32 Å². The van der Waals surface area contributed by atoms with Gasteiger partial charge in [0.05, 0.1) is 9.82 Å². The van der Waals surface area contributed by atoms with Crippen LogP contribution in [0.5, 0.6) is 0 Å². The summed E-state index contributed by atoms with van der Waals surface area (Å²) in [5, 5.41) is 15.0. The van der Waals surface area contributed by atoms with E-state index in [0.717, 1.165) is 17.0 Å². The predicted molar refractivity (Wildman–Crippen MR) is 86.1 cm³/mol. The molecule has 6 heteroatoms. The van der Waals surface area contributed by atoms with Crippen LogP contribution in [-0.4, -0.2) is 11.5 Å². The van der Waals surface area contributed by atoms with Gasteiger partial charge in [-0.25, -0.2) is 0 Å². The molecule has 2 rings (SSSR count). The summed E-state index contributed by atoms with van der Waals surface area (Å²) in [7, 11) is 0. The minimum absolute atomic E-state index is 0.108. The molecular formula is C15H15ClN2O2S. The van der Waals surface area contributed by atoms with Crippen LogP contribution in [0.2, 0.25) is 5.02 Å². The third-order valence-electron chi connectivity index (χ3n) is 2.91. The fraction of sp³-hybridized carbons (Fsp3) is 0.200. The van der Waals surface area contributed by atoms with Gasteiger partial charge in [-0.2, -0.15) is 0 Å². The van der Waals surface area contributed by atoms with E-state index in [4.69, 9.17) is 11.6 Å². The Morgan fingerprint density at radius 3 is 2.62 bits per heavy atom. The van der Waals surface area contributed by atoms with Crippen molar-refractivity contribution < 1.29 is 4.92 Å². The van der Waals surface area contributed by atoms with Gasteiger partial charge in [-0.05, 0) is 30.3 Å². The van der Waals surface area contributed by atoms with Crippen molar-refractivity contribution in [2.24, 2.45) is 0 Å². The molecule has 0 saturated heterocycles. The van der Waals surface area contributed by atoms with Crippen molar-refractivity contribution in [3.63, 3.8) is 0 Å². The molecule has 2 aromatic rings. The zero-order chi connectivity index (χ0) is 15.2. The van der Waals surface area contributed by atoms with Crippen molar-refractivity contribution in [2.75, 3.05) is 6.54 Å². The maximum Gasteiger partial charge on any atom is 0.283 e. The second-order valence-electron chi connectivity index (χ2n) is 4.32. The molecule has 0 aliphatic rings. The van der Waals surface area contributed by atoms with Crippen LogP contribution in [-0.2, 0) is 6.54 Å². The average molecular weight is 323 g/mol. The van der Waals surface area contributed by atoms with Crippen LogP contribution < -0.4 is 5.32 Å². The van der Waals surface area contributed by atoms with Crippen molar-refractivity contribution in [3.8, 4) is 0 Å². The number of nitro benzene ring substituents is 1. The molecule has 21 heavy (non-hydrogen) atoms. The Bertz CT molecular complexity index is 649. The summed E-state index contributed by atoms with van der Waals surface area (Å²) in [4.78, 5) is 12.3. The van der Waals surface area contributed by atoms with Crippen LogP contribution >= 0.6 is 23.4 Å². The van der Waals surface area contributed by atoms with E-state index in [9.17, 15) is 10.1 Å². The Kier molecular flexibility index (Phi) is 5.61. The predicted octanol–water partition coefficient (Wildman–Crippen LogP) is 4.51. The molecular weight excluding hydrogens is 308 g/mol. The van der Waals surface area contributed by atoms with Gasteiger partial charge in [-0.3, -0.25) is 10.1 Å². The highest BCUT2D eigenvalue weighted by Gasteiger charge is 2.16. The molecule has 0 spiro atoms. The molecule has 0 amide bonds. The van der Waals surface area contributed by atoms with Gasteiger partial charge in [0.2, 0.25) is 0 Å².